The van der Waals surface area contributed by atoms with E-state index in [0.29, 0.717) is 5.46 Å². The van der Waals surface area contributed by atoms with Crippen LogP contribution in [0.2, 0.25) is 0 Å². The second kappa shape index (κ2) is 6.36. The van der Waals surface area contributed by atoms with E-state index in [1.165, 1.54) is 12.8 Å². The molecule has 21 heavy (non-hydrogen) atoms. The van der Waals surface area contributed by atoms with Crippen LogP contribution in [0.5, 0.6) is 5.75 Å². The number of benzene rings is 1. The molecule has 0 atom stereocenters. The first-order valence-corrected chi connectivity index (χ1v) is 7.66. The third-order valence-corrected chi connectivity index (χ3v) is 4.47. The Morgan fingerprint density at radius 3 is 2.48 bits per heavy atom. The van der Waals surface area contributed by atoms with Gasteiger partial charge in [-0.1, -0.05) is 12.1 Å². The van der Waals surface area contributed by atoms with Crippen molar-refractivity contribution in [2.24, 2.45) is 0 Å². The van der Waals surface area contributed by atoms with Gasteiger partial charge < -0.3 is 14.8 Å². The molecule has 0 unspecified atom stereocenters. The van der Waals surface area contributed by atoms with Crippen molar-refractivity contribution in [3.05, 3.63) is 23.8 Å². The molecular weight excluding hydrogens is 267 g/mol. The first kappa shape index (κ1) is 14.8. The molecular formula is C15H23BN2O3. The van der Waals surface area contributed by atoms with Gasteiger partial charge in [0.2, 0.25) is 0 Å². The summed E-state index contributed by atoms with van der Waals surface area (Å²) in [5.74, 6) is 0.809. The van der Waals surface area contributed by atoms with Crippen LogP contribution in [0.1, 0.15) is 18.4 Å². The Bertz CT molecular complexity index is 486. The van der Waals surface area contributed by atoms with Crippen molar-refractivity contribution < 1.29 is 14.8 Å². The van der Waals surface area contributed by atoms with E-state index in [9.17, 15) is 10.0 Å². The van der Waals surface area contributed by atoms with E-state index in [4.69, 9.17) is 4.74 Å². The molecule has 6 heteroatoms. The van der Waals surface area contributed by atoms with Crippen molar-refractivity contribution in [2.45, 2.75) is 25.4 Å². The first-order valence-electron chi connectivity index (χ1n) is 7.66. The molecule has 1 heterocycles. The smallest absolute Gasteiger partial charge is 0.488 e. The number of rotatable bonds is 5. The lowest BCUT2D eigenvalue weighted by Gasteiger charge is -2.35. The Kier molecular flexibility index (Phi) is 4.49. The van der Waals surface area contributed by atoms with Gasteiger partial charge in [0.25, 0.3) is 0 Å². The third kappa shape index (κ3) is 3.58. The van der Waals surface area contributed by atoms with Crippen molar-refractivity contribution in [1.29, 1.82) is 0 Å². The molecule has 1 aromatic carbocycles. The number of hydrogen-bond acceptors (Lipinski definition) is 5. The van der Waals surface area contributed by atoms with Crippen LogP contribution < -0.4 is 10.2 Å². The molecule has 3 rings (SSSR count). The zero-order valence-electron chi connectivity index (χ0n) is 12.5. The highest BCUT2D eigenvalue weighted by Gasteiger charge is 2.31. The van der Waals surface area contributed by atoms with Gasteiger partial charge in [-0.2, -0.15) is 0 Å². The largest absolute Gasteiger partial charge is 0.496 e. The van der Waals surface area contributed by atoms with Crippen LogP contribution in [0, 0.1) is 0 Å². The fourth-order valence-electron chi connectivity index (χ4n) is 3.05. The van der Waals surface area contributed by atoms with Gasteiger partial charge >= 0.3 is 7.12 Å². The standard InChI is InChI=1S/C15H23BN2O3/c1-21-15-5-2-13(16(19)20)10-12(15)11-17-6-8-18(9-7-17)14-3-4-14/h2,5,10,14,19-20H,3-4,6-9,11H2,1H3. The molecule has 1 aliphatic carbocycles. The topological polar surface area (TPSA) is 56.2 Å². The summed E-state index contributed by atoms with van der Waals surface area (Å²) < 4.78 is 5.39. The van der Waals surface area contributed by atoms with Crippen molar-refractivity contribution >= 4 is 12.6 Å². The van der Waals surface area contributed by atoms with Crippen LogP contribution in [-0.4, -0.2) is 66.3 Å². The van der Waals surface area contributed by atoms with E-state index in [-0.39, 0.29) is 0 Å². The van der Waals surface area contributed by atoms with Crippen LogP contribution in [0.4, 0.5) is 0 Å². The molecule has 2 aliphatic rings. The highest BCUT2D eigenvalue weighted by Crippen LogP contribution is 2.28. The zero-order chi connectivity index (χ0) is 14.8. The highest BCUT2D eigenvalue weighted by molar-refractivity contribution is 6.58. The van der Waals surface area contributed by atoms with Gasteiger partial charge in [0.1, 0.15) is 5.75 Å². The van der Waals surface area contributed by atoms with Gasteiger partial charge in [-0.15, -0.1) is 0 Å². The second-order valence-electron chi connectivity index (χ2n) is 5.99. The average molecular weight is 290 g/mol. The number of nitrogens with zero attached hydrogens (tertiary/aromatic N) is 2. The van der Waals surface area contributed by atoms with Gasteiger partial charge in [0.05, 0.1) is 7.11 Å². The van der Waals surface area contributed by atoms with E-state index >= 15 is 0 Å². The normalized spacial score (nSPS) is 20.5. The van der Waals surface area contributed by atoms with E-state index < -0.39 is 7.12 Å². The van der Waals surface area contributed by atoms with Crippen LogP contribution in [0.15, 0.2) is 18.2 Å². The highest BCUT2D eigenvalue weighted by atomic mass is 16.5. The minimum Gasteiger partial charge on any atom is -0.496 e. The van der Waals surface area contributed by atoms with Crippen molar-refractivity contribution in [1.82, 2.24) is 9.80 Å². The molecule has 1 saturated heterocycles. The van der Waals surface area contributed by atoms with Gasteiger partial charge in [0.15, 0.2) is 0 Å². The molecule has 0 spiro atoms. The fraction of sp³-hybridized carbons (Fsp3) is 0.600. The first-order chi connectivity index (χ1) is 10.2. The number of hydrogen-bond donors (Lipinski definition) is 2. The van der Waals surface area contributed by atoms with Gasteiger partial charge in [-0.05, 0) is 24.4 Å². The summed E-state index contributed by atoms with van der Waals surface area (Å²) in [6, 6.07) is 6.17. The molecule has 114 valence electrons. The van der Waals surface area contributed by atoms with Crippen molar-refractivity contribution in [3.63, 3.8) is 0 Å². The maximum absolute atomic E-state index is 9.31. The number of methoxy groups -OCH3 is 1. The summed E-state index contributed by atoms with van der Waals surface area (Å²) in [4.78, 5) is 4.99. The minimum atomic E-state index is -1.43. The Morgan fingerprint density at radius 2 is 1.90 bits per heavy atom. The lowest BCUT2D eigenvalue weighted by atomic mass is 9.79. The molecule has 0 amide bonds. The number of piperazine rings is 1. The third-order valence-electron chi connectivity index (χ3n) is 4.47. The lowest BCUT2D eigenvalue weighted by molar-refractivity contribution is 0.121. The fourth-order valence-corrected chi connectivity index (χ4v) is 3.05. The maximum atomic E-state index is 9.31. The van der Waals surface area contributed by atoms with Crippen LogP contribution >= 0.6 is 0 Å². The monoisotopic (exact) mass is 290 g/mol. The Hall–Kier alpha value is -1.08. The van der Waals surface area contributed by atoms with E-state index in [0.717, 1.165) is 50.1 Å². The van der Waals surface area contributed by atoms with E-state index in [1.54, 1.807) is 13.2 Å². The quantitative estimate of drug-likeness (QED) is 0.726. The Balaban J connectivity index is 1.64. The van der Waals surface area contributed by atoms with Gasteiger partial charge in [-0.3, -0.25) is 9.80 Å². The van der Waals surface area contributed by atoms with Crippen LogP contribution in [0.3, 0.4) is 0 Å². The molecule has 0 aromatic heterocycles. The zero-order valence-corrected chi connectivity index (χ0v) is 12.5. The molecule has 0 bridgehead atoms. The SMILES string of the molecule is COc1ccc(B(O)O)cc1CN1CCN(C2CC2)CC1. The molecule has 5 nitrogen and oxygen atoms in total. The van der Waals surface area contributed by atoms with Crippen LogP contribution in [0.25, 0.3) is 0 Å². The molecule has 2 N–H and O–H groups in total. The van der Waals surface area contributed by atoms with Crippen LogP contribution in [-0.2, 0) is 6.54 Å². The predicted octanol–water partition coefficient (Wildman–Crippen LogP) is -0.345. The Labute approximate surface area is 126 Å². The summed E-state index contributed by atoms with van der Waals surface area (Å²) in [7, 11) is 0.222. The molecule has 1 saturated carbocycles. The van der Waals surface area contributed by atoms with E-state index in [2.05, 4.69) is 9.80 Å². The Morgan fingerprint density at radius 1 is 1.19 bits per heavy atom. The lowest BCUT2D eigenvalue weighted by Crippen LogP contribution is -2.46. The summed E-state index contributed by atoms with van der Waals surface area (Å²) in [6.45, 7) is 5.18. The summed E-state index contributed by atoms with van der Waals surface area (Å²) in [5.41, 5.74) is 1.53. The minimum absolute atomic E-state index is 0.516. The van der Waals surface area contributed by atoms with Crippen molar-refractivity contribution in [2.75, 3.05) is 33.3 Å². The maximum Gasteiger partial charge on any atom is 0.488 e. The van der Waals surface area contributed by atoms with E-state index in [1.807, 2.05) is 12.1 Å². The number of ether oxygens (including phenoxy) is 1. The predicted molar refractivity (Wildman–Crippen MR) is 82.7 cm³/mol. The second-order valence-corrected chi connectivity index (χ2v) is 5.99. The van der Waals surface area contributed by atoms with Gasteiger partial charge in [0, 0.05) is 44.3 Å². The van der Waals surface area contributed by atoms with Gasteiger partial charge in [-0.25, -0.2) is 0 Å². The molecule has 0 radical (unpaired) electrons. The van der Waals surface area contributed by atoms with Crippen molar-refractivity contribution in [3.8, 4) is 5.75 Å². The molecule has 1 aromatic rings. The molecule has 2 fully saturated rings. The molecule has 1 aliphatic heterocycles. The summed E-state index contributed by atoms with van der Waals surface area (Å²) in [6.07, 6.45) is 2.73. The average Bonchev–Trinajstić information content (AvgIpc) is 3.32. The summed E-state index contributed by atoms with van der Waals surface area (Å²) >= 11 is 0. The summed E-state index contributed by atoms with van der Waals surface area (Å²) in [5, 5.41) is 18.6.